The molecule has 1 aliphatic rings. The largest absolute Gasteiger partial charge is 0.358 e. The highest BCUT2D eigenvalue weighted by atomic mass is 16.2. The van der Waals surface area contributed by atoms with E-state index in [0.29, 0.717) is 6.54 Å². The molecule has 0 aliphatic carbocycles. The monoisotopic (exact) mass is 240 g/mol. The summed E-state index contributed by atoms with van der Waals surface area (Å²) in [6.07, 6.45) is 1.88. The average Bonchev–Trinajstić information content (AvgIpc) is 2.88. The van der Waals surface area contributed by atoms with Crippen molar-refractivity contribution < 1.29 is 4.79 Å². The number of para-hydroxylation sites is 1. The quantitative estimate of drug-likeness (QED) is 0.748. The highest BCUT2D eigenvalue weighted by Gasteiger charge is 2.32. The maximum Gasteiger partial charge on any atom is 0.331 e. The fourth-order valence-electron chi connectivity index (χ4n) is 2.54. The molecule has 0 radical (unpaired) electrons. The third-order valence-electron chi connectivity index (χ3n) is 3.32. The topological polar surface area (TPSA) is 71.9 Å². The minimum absolute atomic E-state index is 0.131. The number of amides is 2. The average molecular weight is 240 g/mol. The molecule has 1 unspecified atom stereocenters. The minimum atomic E-state index is -0.327. The van der Waals surface area contributed by atoms with Crippen molar-refractivity contribution in [2.75, 3.05) is 6.54 Å². The van der Waals surface area contributed by atoms with Crippen LogP contribution in [0.15, 0.2) is 24.3 Å². The second-order valence-electron chi connectivity index (χ2n) is 4.42. The third kappa shape index (κ3) is 1.43. The van der Waals surface area contributed by atoms with Gasteiger partial charge < -0.3 is 10.3 Å². The van der Waals surface area contributed by atoms with Crippen LogP contribution in [0.4, 0.5) is 4.79 Å². The van der Waals surface area contributed by atoms with E-state index < -0.39 is 0 Å². The molecule has 2 N–H and O–H groups in total. The van der Waals surface area contributed by atoms with Crippen LogP contribution in [0.25, 0.3) is 10.9 Å². The second-order valence-corrected chi connectivity index (χ2v) is 4.42. The van der Waals surface area contributed by atoms with Crippen LogP contribution >= 0.6 is 0 Å². The number of nitrogens with zero attached hydrogens (tertiary/aromatic N) is 2. The molecule has 5 nitrogen and oxygen atoms in total. The van der Waals surface area contributed by atoms with Gasteiger partial charge in [0.1, 0.15) is 0 Å². The van der Waals surface area contributed by atoms with Crippen molar-refractivity contribution in [1.29, 1.82) is 5.26 Å². The molecule has 2 heterocycles. The standard InChI is InChI=1S/C13H12N4O/c1-8-12(9-4-2-3-5-10(9)15-8)11-6-17(7-14)13(18)16-11/h2-5,11,15H,6H2,1H3,(H,16,18). The Hall–Kier alpha value is -2.48. The van der Waals surface area contributed by atoms with Gasteiger partial charge in [-0.2, -0.15) is 5.26 Å². The van der Waals surface area contributed by atoms with Gasteiger partial charge in [-0.3, -0.25) is 0 Å². The third-order valence-corrected chi connectivity index (χ3v) is 3.32. The Kier molecular flexibility index (Phi) is 2.23. The van der Waals surface area contributed by atoms with Crippen molar-refractivity contribution in [3.8, 4) is 6.19 Å². The second kappa shape index (κ2) is 3.77. The zero-order chi connectivity index (χ0) is 12.7. The maximum absolute atomic E-state index is 11.5. The van der Waals surface area contributed by atoms with Crippen LogP contribution < -0.4 is 5.32 Å². The number of carbonyl (C=O) groups excluding carboxylic acids is 1. The lowest BCUT2D eigenvalue weighted by atomic mass is 10.0. The number of nitriles is 1. The van der Waals surface area contributed by atoms with Crippen molar-refractivity contribution in [2.24, 2.45) is 0 Å². The molecule has 3 rings (SSSR count). The number of fused-ring (bicyclic) bond motifs is 1. The first-order valence-corrected chi connectivity index (χ1v) is 5.75. The number of aromatic nitrogens is 1. The summed E-state index contributed by atoms with van der Waals surface area (Å²) in [5.74, 6) is 0. The molecule has 1 saturated heterocycles. The molecule has 0 bridgehead atoms. The number of aryl methyl sites for hydroxylation is 1. The molecule has 5 heteroatoms. The lowest BCUT2D eigenvalue weighted by Gasteiger charge is -2.09. The number of aromatic amines is 1. The lowest BCUT2D eigenvalue weighted by Crippen LogP contribution is -2.23. The predicted molar refractivity (Wildman–Crippen MR) is 66.6 cm³/mol. The van der Waals surface area contributed by atoms with Gasteiger partial charge in [0.25, 0.3) is 0 Å². The molecule has 90 valence electrons. The Morgan fingerprint density at radius 1 is 1.44 bits per heavy atom. The Morgan fingerprint density at radius 2 is 2.22 bits per heavy atom. The number of hydrogen-bond donors (Lipinski definition) is 2. The summed E-state index contributed by atoms with van der Waals surface area (Å²) in [5.41, 5.74) is 3.15. The SMILES string of the molecule is Cc1[nH]c2ccccc2c1C1CN(C#N)C(=O)N1. The minimum Gasteiger partial charge on any atom is -0.358 e. The van der Waals surface area contributed by atoms with E-state index >= 15 is 0 Å². The van der Waals surface area contributed by atoms with E-state index in [1.165, 1.54) is 0 Å². The van der Waals surface area contributed by atoms with Gasteiger partial charge in [0.2, 0.25) is 0 Å². The molecule has 1 fully saturated rings. The Morgan fingerprint density at radius 3 is 2.94 bits per heavy atom. The van der Waals surface area contributed by atoms with Crippen molar-refractivity contribution in [3.05, 3.63) is 35.5 Å². The molecule has 2 amide bonds. The van der Waals surface area contributed by atoms with Crippen LogP contribution in [0.2, 0.25) is 0 Å². The number of carbonyl (C=O) groups is 1. The van der Waals surface area contributed by atoms with Gasteiger partial charge in [0, 0.05) is 22.2 Å². The molecule has 0 spiro atoms. The lowest BCUT2D eigenvalue weighted by molar-refractivity contribution is 0.232. The summed E-state index contributed by atoms with van der Waals surface area (Å²) in [7, 11) is 0. The van der Waals surface area contributed by atoms with E-state index in [9.17, 15) is 4.79 Å². The molecule has 1 atom stereocenters. The zero-order valence-electron chi connectivity index (χ0n) is 9.90. The van der Waals surface area contributed by atoms with Gasteiger partial charge >= 0.3 is 6.03 Å². The zero-order valence-corrected chi connectivity index (χ0v) is 9.90. The highest BCUT2D eigenvalue weighted by Crippen LogP contribution is 2.30. The molecule has 2 aromatic rings. The number of benzene rings is 1. The molecule has 18 heavy (non-hydrogen) atoms. The van der Waals surface area contributed by atoms with Crippen LogP contribution in [0.1, 0.15) is 17.3 Å². The van der Waals surface area contributed by atoms with Crippen molar-refractivity contribution in [3.63, 3.8) is 0 Å². The first-order chi connectivity index (χ1) is 8.70. The predicted octanol–water partition coefficient (Wildman–Crippen LogP) is 2.02. The molecule has 1 aromatic carbocycles. The Labute approximate surface area is 104 Å². The summed E-state index contributed by atoms with van der Waals surface area (Å²) in [6.45, 7) is 2.37. The summed E-state index contributed by atoms with van der Waals surface area (Å²) in [6, 6.07) is 7.51. The molecular weight excluding hydrogens is 228 g/mol. The fraction of sp³-hybridized carbons (Fsp3) is 0.231. The Balaban J connectivity index is 2.08. The summed E-state index contributed by atoms with van der Waals surface area (Å²) < 4.78 is 0. The number of rotatable bonds is 1. The van der Waals surface area contributed by atoms with Gasteiger partial charge in [-0.1, -0.05) is 18.2 Å². The van der Waals surface area contributed by atoms with Crippen molar-refractivity contribution >= 4 is 16.9 Å². The van der Waals surface area contributed by atoms with Crippen LogP contribution in [0, 0.1) is 18.4 Å². The molecule has 1 aromatic heterocycles. The van der Waals surface area contributed by atoms with E-state index in [1.807, 2.05) is 37.4 Å². The maximum atomic E-state index is 11.5. The van der Waals surface area contributed by atoms with E-state index in [4.69, 9.17) is 5.26 Å². The van der Waals surface area contributed by atoms with Gasteiger partial charge in [-0.25, -0.2) is 9.69 Å². The number of nitrogens with one attached hydrogen (secondary N) is 2. The molecular formula is C13H12N4O. The van der Waals surface area contributed by atoms with Crippen LogP contribution in [0.5, 0.6) is 0 Å². The van der Waals surface area contributed by atoms with Gasteiger partial charge in [0.05, 0.1) is 12.6 Å². The summed E-state index contributed by atoms with van der Waals surface area (Å²) in [4.78, 5) is 16.0. The normalized spacial score (nSPS) is 19.0. The highest BCUT2D eigenvalue weighted by molar-refractivity contribution is 5.87. The van der Waals surface area contributed by atoms with Crippen molar-refractivity contribution in [2.45, 2.75) is 13.0 Å². The summed E-state index contributed by atoms with van der Waals surface area (Å²) in [5, 5.41) is 12.8. The van der Waals surface area contributed by atoms with Crippen LogP contribution in [0.3, 0.4) is 0 Å². The number of urea groups is 1. The number of hydrogen-bond acceptors (Lipinski definition) is 2. The number of H-pyrrole nitrogens is 1. The van der Waals surface area contributed by atoms with Gasteiger partial charge in [0.15, 0.2) is 6.19 Å². The van der Waals surface area contributed by atoms with Crippen LogP contribution in [-0.2, 0) is 0 Å². The fourth-order valence-corrected chi connectivity index (χ4v) is 2.54. The van der Waals surface area contributed by atoms with E-state index in [2.05, 4.69) is 10.3 Å². The molecule has 1 aliphatic heterocycles. The summed E-state index contributed by atoms with van der Waals surface area (Å²) >= 11 is 0. The van der Waals surface area contributed by atoms with Crippen LogP contribution in [-0.4, -0.2) is 22.5 Å². The molecule has 0 saturated carbocycles. The van der Waals surface area contributed by atoms with Gasteiger partial charge in [-0.05, 0) is 13.0 Å². The van der Waals surface area contributed by atoms with E-state index in [1.54, 1.807) is 0 Å². The van der Waals surface area contributed by atoms with E-state index in [-0.39, 0.29) is 12.1 Å². The van der Waals surface area contributed by atoms with E-state index in [0.717, 1.165) is 27.1 Å². The van der Waals surface area contributed by atoms with Gasteiger partial charge in [-0.15, -0.1) is 0 Å². The van der Waals surface area contributed by atoms with Crippen molar-refractivity contribution in [1.82, 2.24) is 15.2 Å². The smallest absolute Gasteiger partial charge is 0.331 e. The first kappa shape index (κ1) is 10.7. The first-order valence-electron chi connectivity index (χ1n) is 5.75. The Bertz CT molecular complexity index is 667.